The molecule has 0 fully saturated rings. The number of aryl methyl sites for hydroxylation is 1. The number of anilines is 1. The summed E-state index contributed by atoms with van der Waals surface area (Å²) in [7, 11) is 0. The maximum atomic E-state index is 15.3. The minimum atomic E-state index is -5.04. The van der Waals surface area contributed by atoms with Crippen LogP contribution in [0.15, 0.2) is 96.5 Å². The molecule has 2 aromatic carbocycles. The van der Waals surface area contributed by atoms with Gasteiger partial charge in [-0.2, -0.15) is 18.1 Å². The predicted octanol–water partition coefficient (Wildman–Crippen LogP) is 11.0. The van der Waals surface area contributed by atoms with E-state index in [1.165, 1.54) is 12.1 Å². The molecular formula is C44H53F3N4O7. The van der Waals surface area contributed by atoms with E-state index in [9.17, 15) is 9.59 Å². The van der Waals surface area contributed by atoms with Crippen molar-refractivity contribution in [3.05, 3.63) is 120 Å². The van der Waals surface area contributed by atoms with Crippen LogP contribution < -0.4 is 4.90 Å². The van der Waals surface area contributed by atoms with Crippen LogP contribution in [0.25, 0.3) is 11.6 Å². The Balaban J connectivity index is 1.90. The van der Waals surface area contributed by atoms with Gasteiger partial charge in [0.1, 0.15) is 11.2 Å². The summed E-state index contributed by atoms with van der Waals surface area (Å²) in [6.45, 7) is 19.2. The average Bonchev–Trinajstić information content (AvgIpc) is 3.62. The Kier molecular flexibility index (Phi) is 15.2. The van der Waals surface area contributed by atoms with Gasteiger partial charge in [0.15, 0.2) is 5.69 Å². The number of ether oxygens (including phenoxy) is 4. The quantitative estimate of drug-likeness (QED) is 0.0952. The fourth-order valence-electron chi connectivity index (χ4n) is 5.85. The Morgan fingerprint density at radius 3 is 1.93 bits per heavy atom. The minimum absolute atomic E-state index is 0.119. The Hall–Kier alpha value is -5.34. The van der Waals surface area contributed by atoms with Crippen LogP contribution in [0.1, 0.15) is 89.1 Å². The van der Waals surface area contributed by atoms with Gasteiger partial charge in [-0.3, -0.25) is 0 Å². The van der Waals surface area contributed by atoms with Crippen molar-refractivity contribution in [1.29, 1.82) is 0 Å². The molecule has 0 aliphatic carbocycles. The van der Waals surface area contributed by atoms with E-state index in [-0.39, 0.29) is 23.7 Å². The number of benzene rings is 2. The SMILES string of the molecule is C=CCC[C@@](OCc1ccccc1)(c1nnc(-c2nc(C[C@@H](CC=C)COCc3ccccc3)c(C)cc2N(C(=O)OC(C)(C)C)C(=O)OC(C)(C)C)o1)C(F)(F)F. The van der Waals surface area contributed by atoms with Crippen LogP contribution in [0, 0.1) is 12.8 Å². The number of allylic oxidation sites excluding steroid dienone is 2. The molecule has 58 heavy (non-hydrogen) atoms. The molecule has 2 amide bonds. The van der Waals surface area contributed by atoms with E-state index in [0.717, 1.165) is 5.56 Å². The van der Waals surface area contributed by atoms with Gasteiger partial charge in [0, 0.05) is 5.69 Å². The molecule has 0 aliphatic heterocycles. The number of pyridine rings is 1. The van der Waals surface area contributed by atoms with Crippen LogP contribution in [0.5, 0.6) is 0 Å². The van der Waals surface area contributed by atoms with Crippen LogP contribution in [0.3, 0.4) is 0 Å². The van der Waals surface area contributed by atoms with Crippen molar-refractivity contribution in [2.45, 2.75) is 110 Å². The van der Waals surface area contributed by atoms with Crippen molar-refractivity contribution in [3.8, 4) is 11.6 Å². The second-order valence-corrected chi connectivity index (χ2v) is 15.8. The lowest BCUT2D eigenvalue weighted by atomic mass is 9.96. The summed E-state index contributed by atoms with van der Waals surface area (Å²) in [6.07, 6.45) is -4.11. The van der Waals surface area contributed by atoms with E-state index in [1.807, 2.05) is 30.3 Å². The van der Waals surface area contributed by atoms with Gasteiger partial charge in [0.25, 0.3) is 11.8 Å². The van der Waals surface area contributed by atoms with Crippen molar-refractivity contribution >= 4 is 17.9 Å². The topological polar surface area (TPSA) is 126 Å². The molecule has 0 saturated carbocycles. The van der Waals surface area contributed by atoms with Crippen molar-refractivity contribution in [1.82, 2.24) is 15.2 Å². The van der Waals surface area contributed by atoms with Crippen LogP contribution in [0.4, 0.5) is 28.4 Å². The third kappa shape index (κ3) is 12.3. The lowest BCUT2D eigenvalue weighted by Crippen LogP contribution is -2.45. The summed E-state index contributed by atoms with van der Waals surface area (Å²) in [4.78, 5) is 33.3. The molecule has 11 nitrogen and oxygen atoms in total. The van der Waals surface area contributed by atoms with Gasteiger partial charge in [-0.05, 0) is 103 Å². The van der Waals surface area contributed by atoms with E-state index in [2.05, 4.69) is 23.4 Å². The normalized spacial score (nSPS) is 13.6. The predicted molar refractivity (Wildman–Crippen MR) is 214 cm³/mol. The molecule has 0 saturated heterocycles. The van der Waals surface area contributed by atoms with Gasteiger partial charge in [0.05, 0.1) is 25.5 Å². The van der Waals surface area contributed by atoms with Crippen molar-refractivity contribution in [2.75, 3.05) is 11.5 Å². The molecule has 2 atom stereocenters. The summed E-state index contributed by atoms with van der Waals surface area (Å²) < 4.78 is 74.9. The summed E-state index contributed by atoms with van der Waals surface area (Å²) in [5.74, 6) is -1.55. The number of rotatable bonds is 17. The smallest absolute Gasteiger partial charge is 0.426 e. The maximum Gasteiger partial charge on any atom is 0.426 e. The van der Waals surface area contributed by atoms with Gasteiger partial charge in [-0.25, -0.2) is 14.6 Å². The molecule has 0 aliphatic rings. The number of nitrogens with zero attached hydrogens (tertiary/aromatic N) is 4. The van der Waals surface area contributed by atoms with Crippen LogP contribution in [-0.2, 0) is 44.2 Å². The zero-order valence-electron chi connectivity index (χ0n) is 34.2. The molecule has 0 N–H and O–H groups in total. The van der Waals surface area contributed by atoms with E-state index in [0.29, 0.717) is 47.8 Å². The molecule has 2 aromatic heterocycles. The third-order valence-electron chi connectivity index (χ3n) is 8.60. The second-order valence-electron chi connectivity index (χ2n) is 15.8. The zero-order valence-corrected chi connectivity index (χ0v) is 34.2. The Morgan fingerprint density at radius 2 is 1.41 bits per heavy atom. The fourth-order valence-corrected chi connectivity index (χ4v) is 5.85. The highest BCUT2D eigenvalue weighted by Crippen LogP contribution is 2.47. The maximum absolute atomic E-state index is 15.3. The summed E-state index contributed by atoms with van der Waals surface area (Å²) >= 11 is 0. The molecular weight excluding hydrogens is 753 g/mol. The third-order valence-corrected chi connectivity index (χ3v) is 8.60. The lowest BCUT2D eigenvalue weighted by molar-refractivity contribution is -0.299. The number of halogens is 3. The monoisotopic (exact) mass is 806 g/mol. The molecule has 0 radical (unpaired) electrons. The fraction of sp³-hybridized carbons (Fsp3) is 0.432. The number of hydrogen-bond acceptors (Lipinski definition) is 10. The van der Waals surface area contributed by atoms with Crippen LogP contribution >= 0.6 is 0 Å². The number of hydrogen-bond donors (Lipinski definition) is 0. The van der Waals surface area contributed by atoms with Gasteiger partial charge >= 0.3 is 18.4 Å². The van der Waals surface area contributed by atoms with Gasteiger partial charge in [-0.15, -0.1) is 23.4 Å². The Morgan fingerprint density at radius 1 is 0.845 bits per heavy atom. The molecule has 0 bridgehead atoms. The molecule has 4 aromatic rings. The first-order chi connectivity index (χ1) is 27.3. The summed E-state index contributed by atoms with van der Waals surface area (Å²) in [6, 6.07) is 19.5. The Labute approximate surface area is 338 Å². The first-order valence-corrected chi connectivity index (χ1v) is 19.0. The van der Waals surface area contributed by atoms with E-state index in [4.69, 9.17) is 28.3 Å². The van der Waals surface area contributed by atoms with E-state index < -0.39 is 60.0 Å². The molecule has 312 valence electrons. The highest BCUT2D eigenvalue weighted by atomic mass is 19.4. The van der Waals surface area contributed by atoms with Gasteiger partial charge < -0.3 is 23.4 Å². The number of alkyl halides is 3. The number of carbonyl (C=O) groups excluding carboxylic acids is 2. The number of carbonyl (C=O) groups is 2. The summed E-state index contributed by atoms with van der Waals surface area (Å²) in [5.41, 5.74) is -3.20. The first kappa shape index (κ1) is 45.4. The molecule has 0 spiro atoms. The Bertz CT molecular complexity index is 1960. The van der Waals surface area contributed by atoms with E-state index >= 15 is 13.2 Å². The number of imide groups is 1. The number of amides is 2. The second kappa shape index (κ2) is 19.4. The van der Waals surface area contributed by atoms with E-state index in [1.54, 1.807) is 84.9 Å². The minimum Gasteiger partial charge on any atom is -0.443 e. The van der Waals surface area contributed by atoms with Crippen molar-refractivity contribution in [2.24, 2.45) is 5.92 Å². The number of aromatic nitrogens is 3. The highest BCUT2D eigenvalue weighted by molar-refractivity contribution is 6.11. The van der Waals surface area contributed by atoms with Crippen molar-refractivity contribution < 1.29 is 46.1 Å². The van der Waals surface area contributed by atoms with Crippen molar-refractivity contribution in [3.63, 3.8) is 0 Å². The average molecular weight is 807 g/mol. The van der Waals surface area contributed by atoms with Gasteiger partial charge in [0.2, 0.25) is 5.60 Å². The first-order valence-electron chi connectivity index (χ1n) is 19.0. The molecule has 2 heterocycles. The van der Waals surface area contributed by atoms with Gasteiger partial charge in [-0.1, -0.05) is 72.8 Å². The van der Waals surface area contributed by atoms with Crippen LogP contribution in [-0.4, -0.2) is 51.4 Å². The molecule has 0 unspecified atom stereocenters. The lowest BCUT2D eigenvalue weighted by Gasteiger charge is -2.32. The standard InChI is InChI=1S/C44H53F3N4O7/c1-10-12-24-43(44(45,46)47,55-29-32-22-17-14-18-23-32)38-50-49-37(56-38)36-35(51(39(52)57-41(4,5)6)40(53)58-42(7,8)9)25-30(3)34(48-36)26-33(19-11-2)28-54-27-31-20-15-13-16-21-31/h10-11,13-18,20-23,25,33H,1-2,12,19,24,26-29H2,3-9H3/t33-,43-/m1/s1. The highest BCUT2D eigenvalue weighted by Gasteiger charge is 2.61. The molecule has 4 rings (SSSR count). The summed E-state index contributed by atoms with van der Waals surface area (Å²) in [5, 5.41) is 7.95. The zero-order chi connectivity index (χ0) is 42.7. The largest absolute Gasteiger partial charge is 0.443 e. The van der Waals surface area contributed by atoms with Crippen LogP contribution in [0.2, 0.25) is 0 Å². The molecule has 14 heteroatoms.